The number of rotatable bonds is 4. The molecule has 7 atom stereocenters. The summed E-state index contributed by atoms with van der Waals surface area (Å²) < 4.78 is 17.2. The second-order valence-electron chi connectivity index (χ2n) is 10.1. The molecule has 1 spiro atoms. The summed E-state index contributed by atoms with van der Waals surface area (Å²) in [6.45, 7) is 5.53. The predicted molar refractivity (Wildman–Crippen MR) is 118 cm³/mol. The molecular formula is C22H32INO6. The van der Waals surface area contributed by atoms with Crippen LogP contribution in [-0.4, -0.2) is 47.8 Å². The Hall–Kier alpha value is -0.610. The van der Waals surface area contributed by atoms with E-state index < -0.39 is 17.1 Å². The quantitative estimate of drug-likeness (QED) is 0.178. The van der Waals surface area contributed by atoms with Gasteiger partial charge in [0.05, 0.1) is 32.3 Å². The van der Waals surface area contributed by atoms with Crippen molar-refractivity contribution in [3.8, 4) is 0 Å². The van der Waals surface area contributed by atoms with E-state index in [9.17, 15) is 14.5 Å². The van der Waals surface area contributed by atoms with Gasteiger partial charge in [-0.1, -0.05) is 41.6 Å². The molecule has 0 aromatic heterocycles. The predicted octanol–water partition coefficient (Wildman–Crippen LogP) is 4.04. The summed E-state index contributed by atoms with van der Waals surface area (Å²) in [5.74, 6) is -1.51. The minimum Gasteiger partial charge on any atom is -0.469 e. The van der Waals surface area contributed by atoms with E-state index in [1.807, 2.05) is 0 Å². The normalized spacial score (nSPS) is 47.6. The number of methoxy groups -OCH3 is 1. The van der Waals surface area contributed by atoms with E-state index in [1.54, 1.807) is 0 Å². The highest BCUT2D eigenvalue weighted by atomic mass is 127. The molecule has 1 heterocycles. The fraction of sp³-hybridized carbons (Fsp3) is 0.909. The van der Waals surface area contributed by atoms with Crippen LogP contribution >= 0.6 is 22.6 Å². The largest absolute Gasteiger partial charge is 0.469 e. The first-order valence-corrected chi connectivity index (χ1v) is 12.1. The van der Waals surface area contributed by atoms with Crippen LogP contribution in [0, 0.1) is 33.5 Å². The van der Waals surface area contributed by atoms with Gasteiger partial charge in [-0.15, -0.1) is 0 Å². The summed E-state index contributed by atoms with van der Waals surface area (Å²) in [6.07, 6.45) is 6.20. The Morgan fingerprint density at radius 2 is 1.83 bits per heavy atom. The lowest BCUT2D eigenvalue weighted by molar-refractivity contribution is -0.234. The Labute approximate surface area is 191 Å². The van der Waals surface area contributed by atoms with Gasteiger partial charge in [0.1, 0.15) is 6.29 Å². The van der Waals surface area contributed by atoms with E-state index in [4.69, 9.17) is 14.2 Å². The molecule has 1 aliphatic heterocycles. The van der Waals surface area contributed by atoms with Gasteiger partial charge in [-0.05, 0) is 49.9 Å². The van der Waals surface area contributed by atoms with E-state index in [1.165, 1.54) is 7.11 Å². The van der Waals surface area contributed by atoms with Gasteiger partial charge in [0, 0.05) is 21.2 Å². The zero-order chi connectivity index (χ0) is 21.8. The fourth-order valence-corrected chi connectivity index (χ4v) is 8.84. The minimum atomic E-state index is -0.609. The average Bonchev–Trinajstić information content (AvgIpc) is 3.32. The Balaban J connectivity index is 1.71. The first-order valence-electron chi connectivity index (χ1n) is 11.0. The number of hydrogen-bond donors (Lipinski definition) is 0. The lowest BCUT2D eigenvalue weighted by atomic mass is 9.49. The highest BCUT2D eigenvalue weighted by Gasteiger charge is 2.73. The van der Waals surface area contributed by atoms with Crippen LogP contribution in [0.3, 0.4) is 0 Å². The molecular weight excluding hydrogens is 501 g/mol. The van der Waals surface area contributed by atoms with Gasteiger partial charge in [-0.2, -0.15) is 4.91 Å². The molecule has 0 unspecified atom stereocenters. The number of esters is 1. The third kappa shape index (κ3) is 2.88. The monoisotopic (exact) mass is 533 g/mol. The van der Waals surface area contributed by atoms with Crippen molar-refractivity contribution >= 4 is 34.8 Å². The molecule has 4 fully saturated rings. The molecule has 0 bridgehead atoms. The number of nitroso groups, excluding NO2 is 1. The van der Waals surface area contributed by atoms with E-state index in [0.717, 1.165) is 32.0 Å². The molecule has 4 rings (SSSR count). The summed E-state index contributed by atoms with van der Waals surface area (Å²) in [5.41, 5.74) is -0.676. The number of alkyl halides is 1. The number of carbonyl (C=O) groups excluding carboxylic acids is 2. The number of hydrogen-bond acceptors (Lipinski definition) is 7. The number of nitrogens with zero attached hydrogens (tertiary/aromatic N) is 1. The van der Waals surface area contributed by atoms with Crippen molar-refractivity contribution in [2.24, 2.45) is 33.8 Å². The van der Waals surface area contributed by atoms with Crippen molar-refractivity contribution < 1.29 is 23.8 Å². The summed E-state index contributed by atoms with van der Waals surface area (Å²) >= 11 is 2.51. The van der Waals surface area contributed by atoms with Gasteiger partial charge in [-0.25, -0.2) is 0 Å². The van der Waals surface area contributed by atoms with Crippen molar-refractivity contribution in [2.75, 3.05) is 20.3 Å². The van der Waals surface area contributed by atoms with Gasteiger partial charge in [-0.3, -0.25) is 4.79 Å². The molecule has 168 valence electrons. The molecule has 0 N–H and O–H groups in total. The highest BCUT2D eigenvalue weighted by molar-refractivity contribution is 14.1. The smallest absolute Gasteiger partial charge is 0.309 e. The van der Waals surface area contributed by atoms with Crippen molar-refractivity contribution in [3.63, 3.8) is 0 Å². The maximum Gasteiger partial charge on any atom is 0.309 e. The molecule has 8 heteroatoms. The number of carbonyl (C=O) groups is 2. The van der Waals surface area contributed by atoms with E-state index in [2.05, 4.69) is 41.6 Å². The van der Waals surface area contributed by atoms with Crippen LogP contribution in [0.1, 0.15) is 58.8 Å². The van der Waals surface area contributed by atoms with Crippen LogP contribution in [0.25, 0.3) is 0 Å². The topological polar surface area (TPSA) is 91.3 Å². The Bertz CT molecular complexity index is 726. The van der Waals surface area contributed by atoms with Crippen LogP contribution in [0.2, 0.25) is 0 Å². The number of ether oxygens (including phenoxy) is 3. The second kappa shape index (κ2) is 7.76. The maximum absolute atomic E-state index is 12.8. The average molecular weight is 533 g/mol. The van der Waals surface area contributed by atoms with Crippen molar-refractivity contribution in [1.29, 1.82) is 0 Å². The Morgan fingerprint density at radius 1 is 1.13 bits per heavy atom. The van der Waals surface area contributed by atoms with Gasteiger partial charge < -0.3 is 19.0 Å². The van der Waals surface area contributed by atoms with Gasteiger partial charge in [0.15, 0.2) is 5.79 Å². The molecule has 0 aromatic carbocycles. The van der Waals surface area contributed by atoms with Crippen molar-refractivity contribution in [2.45, 2.75) is 74.0 Å². The summed E-state index contributed by atoms with van der Waals surface area (Å²) in [6, 6.07) is -0.366. The van der Waals surface area contributed by atoms with E-state index in [-0.39, 0.29) is 32.7 Å². The molecule has 3 saturated carbocycles. The summed E-state index contributed by atoms with van der Waals surface area (Å²) in [7, 11) is 1.39. The first kappa shape index (κ1) is 22.6. The minimum absolute atomic E-state index is 0.0354. The molecule has 4 aliphatic rings. The molecule has 3 aliphatic carbocycles. The lowest BCUT2D eigenvalue weighted by Gasteiger charge is -2.59. The summed E-state index contributed by atoms with van der Waals surface area (Å²) in [4.78, 5) is 36.6. The third-order valence-corrected chi connectivity index (χ3v) is 11.6. The molecule has 0 amide bonds. The van der Waals surface area contributed by atoms with Crippen LogP contribution in [0.5, 0.6) is 0 Å². The zero-order valence-corrected chi connectivity index (χ0v) is 20.2. The number of halogens is 1. The van der Waals surface area contributed by atoms with E-state index >= 15 is 0 Å². The SMILES string of the molecule is COC(=O)[C@H]1C[C@@H](N=O)CC[C@]1(C)[C@H]1CC[C@]2(C)C3(CC[C@@]2(I)[C@@H]1C=O)OCCO3. The molecule has 1 saturated heterocycles. The van der Waals surface area contributed by atoms with Crippen molar-refractivity contribution in [3.05, 3.63) is 4.91 Å². The number of fused-ring (bicyclic) bond motifs is 2. The van der Waals surface area contributed by atoms with Gasteiger partial charge in [0.25, 0.3) is 0 Å². The van der Waals surface area contributed by atoms with Crippen LogP contribution in [0.15, 0.2) is 5.18 Å². The van der Waals surface area contributed by atoms with Crippen LogP contribution in [-0.2, 0) is 23.8 Å². The maximum atomic E-state index is 12.8. The molecule has 0 aromatic rings. The van der Waals surface area contributed by atoms with Crippen LogP contribution < -0.4 is 0 Å². The second-order valence-corrected chi connectivity index (χ2v) is 12.0. The fourth-order valence-electron chi connectivity index (χ4n) is 7.31. The standard InChI is InChI=1S/C22H32INO6/c1-19(6-4-14(24-27)12-16(19)18(26)28-3)15-5-7-20(2)21(23,17(15)13-25)8-9-22(20)29-10-11-30-22/h13-17H,4-12H2,1-3H3/t14-,15-,16+,17+,19+,20-,21+/m0/s1. The molecule has 0 radical (unpaired) electrons. The highest BCUT2D eigenvalue weighted by Crippen LogP contribution is 2.71. The van der Waals surface area contributed by atoms with E-state index in [0.29, 0.717) is 32.5 Å². The lowest BCUT2D eigenvalue weighted by Crippen LogP contribution is -2.62. The van der Waals surface area contributed by atoms with Crippen molar-refractivity contribution in [1.82, 2.24) is 0 Å². The van der Waals surface area contributed by atoms with Gasteiger partial charge in [0.2, 0.25) is 0 Å². The molecule has 7 nitrogen and oxygen atoms in total. The zero-order valence-electron chi connectivity index (χ0n) is 18.0. The Kier molecular flexibility index (Phi) is 5.84. The first-order chi connectivity index (χ1) is 14.2. The molecule has 30 heavy (non-hydrogen) atoms. The Morgan fingerprint density at radius 3 is 2.43 bits per heavy atom. The number of aldehydes is 1. The van der Waals surface area contributed by atoms with Crippen LogP contribution in [0.4, 0.5) is 0 Å². The van der Waals surface area contributed by atoms with Gasteiger partial charge >= 0.3 is 5.97 Å². The summed E-state index contributed by atoms with van der Waals surface area (Å²) in [5, 5.41) is 3.23. The third-order valence-electron chi connectivity index (χ3n) is 9.20.